The molecule has 1 N–H and O–H groups in total. The van der Waals surface area contributed by atoms with E-state index in [1.165, 1.54) is 17.7 Å². The van der Waals surface area contributed by atoms with Crippen LogP contribution in [0.4, 0.5) is 0 Å². The van der Waals surface area contributed by atoms with E-state index < -0.39 is 11.9 Å². The van der Waals surface area contributed by atoms with Gasteiger partial charge in [-0.1, -0.05) is 12.8 Å². The normalized spacial score (nSPS) is 24.6. The number of aliphatic carboxylic acids is 1. The molecule has 110 valence electrons. The predicted molar refractivity (Wildman–Crippen MR) is 77.2 cm³/mol. The second kappa shape index (κ2) is 5.45. The molecule has 1 aromatic rings. The number of ether oxygens (including phenoxy) is 1. The number of hydrogen-bond donors (Lipinski definition) is 1. The van der Waals surface area contributed by atoms with Gasteiger partial charge in [-0.25, -0.2) is 4.98 Å². The third-order valence-electron chi connectivity index (χ3n) is 4.47. The average molecular weight is 295 g/mol. The van der Waals surface area contributed by atoms with Crippen LogP contribution >= 0.6 is 11.3 Å². The summed E-state index contributed by atoms with van der Waals surface area (Å²) in [6, 6.07) is 0. The second-order valence-corrected chi connectivity index (χ2v) is 6.83. The number of fused-ring (bicyclic) bond motifs is 1. The van der Waals surface area contributed by atoms with Crippen LogP contribution < -0.4 is 0 Å². The van der Waals surface area contributed by atoms with Crippen molar-refractivity contribution in [1.82, 2.24) is 4.98 Å². The van der Waals surface area contributed by atoms with E-state index >= 15 is 0 Å². The van der Waals surface area contributed by atoms with Crippen molar-refractivity contribution in [3.8, 4) is 0 Å². The lowest BCUT2D eigenvalue weighted by Crippen LogP contribution is -2.26. The SMILES string of the molecule is CCOC1(c2nc3c(s2)CCCC3C(=O)O)CCCC1. The van der Waals surface area contributed by atoms with Gasteiger partial charge in [0.15, 0.2) is 0 Å². The zero-order valence-electron chi connectivity index (χ0n) is 11.9. The molecule has 0 amide bonds. The molecule has 1 fully saturated rings. The topological polar surface area (TPSA) is 59.4 Å². The third-order valence-corrected chi connectivity index (χ3v) is 5.79. The van der Waals surface area contributed by atoms with Gasteiger partial charge < -0.3 is 9.84 Å². The fraction of sp³-hybridized carbons (Fsp3) is 0.733. The fourth-order valence-electron chi connectivity index (χ4n) is 3.50. The van der Waals surface area contributed by atoms with Gasteiger partial charge in [-0.05, 0) is 39.0 Å². The van der Waals surface area contributed by atoms with Crippen molar-refractivity contribution in [2.45, 2.75) is 63.4 Å². The van der Waals surface area contributed by atoms with E-state index in [0.29, 0.717) is 13.0 Å². The van der Waals surface area contributed by atoms with Crippen LogP contribution in [0.15, 0.2) is 0 Å². The van der Waals surface area contributed by atoms with E-state index in [-0.39, 0.29) is 5.60 Å². The maximum Gasteiger partial charge on any atom is 0.312 e. The molecule has 1 saturated carbocycles. The summed E-state index contributed by atoms with van der Waals surface area (Å²) in [7, 11) is 0. The molecule has 3 rings (SSSR count). The second-order valence-electron chi connectivity index (χ2n) is 5.74. The Labute approximate surface area is 123 Å². The molecule has 1 aromatic heterocycles. The highest BCUT2D eigenvalue weighted by Gasteiger charge is 2.41. The molecule has 2 aliphatic rings. The summed E-state index contributed by atoms with van der Waals surface area (Å²) in [6.45, 7) is 2.71. The van der Waals surface area contributed by atoms with Gasteiger partial charge in [-0.2, -0.15) is 0 Å². The first-order valence-electron chi connectivity index (χ1n) is 7.53. The Morgan fingerprint density at radius 2 is 2.20 bits per heavy atom. The van der Waals surface area contributed by atoms with Crippen LogP contribution in [0.2, 0.25) is 0 Å². The lowest BCUT2D eigenvalue weighted by Gasteiger charge is -2.26. The first kappa shape index (κ1) is 14.0. The maximum atomic E-state index is 11.4. The molecule has 0 saturated heterocycles. The van der Waals surface area contributed by atoms with Crippen LogP contribution in [-0.4, -0.2) is 22.7 Å². The lowest BCUT2D eigenvalue weighted by atomic mass is 9.91. The van der Waals surface area contributed by atoms with Crippen LogP contribution in [-0.2, 0) is 21.6 Å². The minimum Gasteiger partial charge on any atom is -0.481 e. The molecule has 1 heterocycles. The molecule has 0 aliphatic heterocycles. The molecule has 1 atom stereocenters. The average Bonchev–Trinajstić information content (AvgIpc) is 3.04. The Balaban J connectivity index is 1.97. The number of aromatic nitrogens is 1. The molecular formula is C15H21NO3S. The number of hydrogen-bond acceptors (Lipinski definition) is 4. The van der Waals surface area contributed by atoms with Crippen molar-refractivity contribution >= 4 is 17.3 Å². The first-order valence-corrected chi connectivity index (χ1v) is 8.35. The summed E-state index contributed by atoms with van der Waals surface area (Å²) in [5, 5.41) is 10.4. The zero-order valence-corrected chi connectivity index (χ0v) is 12.7. The van der Waals surface area contributed by atoms with Crippen LogP contribution in [0.3, 0.4) is 0 Å². The maximum absolute atomic E-state index is 11.4. The Morgan fingerprint density at radius 3 is 2.85 bits per heavy atom. The Kier molecular flexibility index (Phi) is 3.82. The van der Waals surface area contributed by atoms with Crippen molar-refractivity contribution in [3.63, 3.8) is 0 Å². The van der Waals surface area contributed by atoms with Gasteiger partial charge >= 0.3 is 5.97 Å². The van der Waals surface area contributed by atoms with Gasteiger partial charge in [0, 0.05) is 11.5 Å². The van der Waals surface area contributed by atoms with E-state index in [2.05, 4.69) is 0 Å². The molecule has 0 spiro atoms. The Bertz CT molecular complexity index is 505. The Hall–Kier alpha value is -0.940. The van der Waals surface area contributed by atoms with E-state index in [1.807, 2.05) is 6.92 Å². The van der Waals surface area contributed by atoms with Gasteiger partial charge in [0.2, 0.25) is 0 Å². The molecule has 5 heteroatoms. The molecule has 20 heavy (non-hydrogen) atoms. The largest absolute Gasteiger partial charge is 0.481 e. The summed E-state index contributed by atoms with van der Waals surface area (Å²) >= 11 is 1.69. The predicted octanol–water partition coefficient (Wildman–Crippen LogP) is 3.45. The highest BCUT2D eigenvalue weighted by molar-refractivity contribution is 7.11. The van der Waals surface area contributed by atoms with Crippen molar-refractivity contribution in [2.75, 3.05) is 6.61 Å². The van der Waals surface area contributed by atoms with Gasteiger partial charge in [0.05, 0.1) is 11.6 Å². The molecule has 0 aromatic carbocycles. The van der Waals surface area contributed by atoms with E-state index in [9.17, 15) is 9.90 Å². The Morgan fingerprint density at radius 1 is 1.45 bits per heavy atom. The first-order chi connectivity index (χ1) is 9.66. The van der Waals surface area contributed by atoms with Crippen LogP contribution in [0, 0.1) is 0 Å². The summed E-state index contributed by atoms with van der Waals surface area (Å²) < 4.78 is 6.05. The van der Waals surface area contributed by atoms with Crippen LogP contribution in [0.5, 0.6) is 0 Å². The molecule has 0 bridgehead atoms. The zero-order chi connectivity index (χ0) is 14.2. The number of thiazole rings is 1. The number of rotatable bonds is 4. The summed E-state index contributed by atoms with van der Waals surface area (Å²) in [6.07, 6.45) is 7.02. The fourth-order valence-corrected chi connectivity index (χ4v) is 4.86. The highest BCUT2D eigenvalue weighted by atomic mass is 32.1. The molecule has 2 aliphatic carbocycles. The number of carboxylic acids is 1. The smallest absolute Gasteiger partial charge is 0.312 e. The summed E-state index contributed by atoms with van der Waals surface area (Å²) in [5.74, 6) is -1.15. The molecule has 1 unspecified atom stereocenters. The van der Waals surface area contributed by atoms with Crippen molar-refractivity contribution in [3.05, 3.63) is 15.6 Å². The number of nitrogens with zero attached hydrogens (tertiary/aromatic N) is 1. The molecule has 4 nitrogen and oxygen atoms in total. The van der Waals surface area contributed by atoms with Crippen molar-refractivity contribution in [1.29, 1.82) is 0 Å². The van der Waals surface area contributed by atoms with E-state index in [1.54, 1.807) is 11.3 Å². The van der Waals surface area contributed by atoms with Crippen molar-refractivity contribution in [2.24, 2.45) is 0 Å². The van der Waals surface area contributed by atoms with Crippen molar-refractivity contribution < 1.29 is 14.6 Å². The monoisotopic (exact) mass is 295 g/mol. The van der Waals surface area contributed by atoms with Gasteiger partial charge in [0.1, 0.15) is 10.6 Å². The molecule has 0 radical (unpaired) electrons. The van der Waals surface area contributed by atoms with E-state index in [4.69, 9.17) is 9.72 Å². The van der Waals surface area contributed by atoms with Gasteiger partial charge in [-0.15, -0.1) is 11.3 Å². The third kappa shape index (κ3) is 2.27. The van der Waals surface area contributed by atoms with Crippen LogP contribution in [0.25, 0.3) is 0 Å². The number of aryl methyl sites for hydroxylation is 1. The lowest BCUT2D eigenvalue weighted by molar-refractivity contribution is -0.139. The van der Waals surface area contributed by atoms with Gasteiger partial charge in [-0.3, -0.25) is 4.79 Å². The number of carbonyl (C=O) groups is 1. The minimum absolute atomic E-state index is 0.236. The van der Waals surface area contributed by atoms with Gasteiger partial charge in [0.25, 0.3) is 0 Å². The van der Waals surface area contributed by atoms with E-state index in [0.717, 1.165) is 36.4 Å². The standard InChI is InChI=1S/C15H21NO3S/c1-2-19-15(8-3-4-9-15)14-16-12-10(13(17)18)6-5-7-11(12)20-14/h10H,2-9H2,1H3,(H,17,18). The number of carboxylic acid groups (broad SMARTS) is 1. The quantitative estimate of drug-likeness (QED) is 0.924. The summed E-state index contributed by atoms with van der Waals surface area (Å²) in [4.78, 5) is 17.3. The summed E-state index contributed by atoms with van der Waals surface area (Å²) in [5.41, 5.74) is 0.578. The minimum atomic E-state index is -0.736. The van der Waals surface area contributed by atoms with Crippen LogP contribution in [0.1, 0.15) is 66.9 Å². The highest BCUT2D eigenvalue weighted by Crippen LogP contribution is 2.46. The molecular weight excluding hydrogens is 274 g/mol.